The van der Waals surface area contributed by atoms with E-state index < -0.39 is 5.97 Å². The van der Waals surface area contributed by atoms with Gasteiger partial charge in [0, 0.05) is 10.0 Å². The van der Waals surface area contributed by atoms with Crippen LogP contribution in [0.5, 0.6) is 0 Å². The number of H-pyrrole nitrogens is 1. The van der Waals surface area contributed by atoms with Gasteiger partial charge in [0.05, 0.1) is 12.8 Å². The highest BCUT2D eigenvalue weighted by molar-refractivity contribution is 9.10. The smallest absolute Gasteiger partial charge is 0.356 e. The van der Waals surface area contributed by atoms with Gasteiger partial charge in [-0.25, -0.2) is 4.79 Å². The van der Waals surface area contributed by atoms with Crippen molar-refractivity contribution in [2.45, 2.75) is 6.92 Å². The average molecular weight is 295 g/mol. The predicted octanol–water partition coefficient (Wildman–Crippen LogP) is 2.93. The van der Waals surface area contributed by atoms with Gasteiger partial charge >= 0.3 is 5.97 Å². The molecule has 0 unspecified atom stereocenters. The van der Waals surface area contributed by atoms with Crippen LogP contribution in [0, 0.1) is 6.92 Å². The van der Waals surface area contributed by atoms with E-state index in [4.69, 9.17) is 0 Å². The molecule has 0 saturated heterocycles. The van der Waals surface area contributed by atoms with E-state index in [9.17, 15) is 4.79 Å². The maximum absolute atomic E-state index is 11.3. The van der Waals surface area contributed by atoms with E-state index in [1.807, 2.05) is 25.1 Å². The first-order valence-corrected chi connectivity index (χ1v) is 5.81. The highest BCUT2D eigenvalue weighted by atomic mass is 79.9. The van der Waals surface area contributed by atoms with E-state index in [2.05, 4.69) is 30.9 Å². The Morgan fingerprint density at radius 2 is 2.12 bits per heavy atom. The summed E-state index contributed by atoms with van der Waals surface area (Å²) in [5.74, 6) is -0.421. The number of hydrogen-bond acceptors (Lipinski definition) is 3. The van der Waals surface area contributed by atoms with Crippen molar-refractivity contribution in [1.82, 2.24) is 10.2 Å². The molecular formula is C12H11BrN2O2. The fraction of sp³-hybridized carbons (Fsp3) is 0.167. The van der Waals surface area contributed by atoms with E-state index in [1.54, 1.807) is 6.07 Å². The van der Waals surface area contributed by atoms with E-state index in [0.717, 1.165) is 21.3 Å². The number of aromatic amines is 1. The molecular weight excluding hydrogens is 284 g/mol. The molecule has 1 heterocycles. The van der Waals surface area contributed by atoms with Crippen LogP contribution < -0.4 is 0 Å². The van der Waals surface area contributed by atoms with Crippen LogP contribution in [0.15, 0.2) is 28.7 Å². The van der Waals surface area contributed by atoms with Crippen LogP contribution in [0.25, 0.3) is 11.3 Å². The molecule has 5 heteroatoms. The van der Waals surface area contributed by atoms with E-state index >= 15 is 0 Å². The van der Waals surface area contributed by atoms with Crippen LogP contribution in [-0.4, -0.2) is 23.3 Å². The molecule has 1 N–H and O–H groups in total. The Morgan fingerprint density at radius 3 is 2.76 bits per heavy atom. The summed E-state index contributed by atoms with van der Waals surface area (Å²) in [4.78, 5) is 11.3. The number of hydrogen-bond donors (Lipinski definition) is 1. The maximum Gasteiger partial charge on any atom is 0.356 e. The lowest BCUT2D eigenvalue weighted by molar-refractivity contribution is 0.0594. The summed E-state index contributed by atoms with van der Waals surface area (Å²) in [7, 11) is 1.34. The van der Waals surface area contributed by atoms with Gasteiger partial charge < -0.3 is 4.74 Å². The van der Waals surface area contributed by atoms with Gasteiger partial charge in [0.25, 0.3) is 0 Å². The summed E-state index contributed by atoms with van der Waals surface area (Å²) in [6.45, 7) is 2.00. The van der Waals surface area contributed by atoms with Gasteiger partial charge in [-0.3, -0.25) is 5.10 Å². The summed E-state index contributed by atoms with van der Waals surface area (Å²) in [6.07, 6.45) is 0. The molecule has 0 aliphatic carbocycles. The number of aromatic nitrogens is 2. The fourth-order valence-corrected chi connectivity index (χ4v) is 2.18. The molecule has 0 bridgehead atoms. The lowest BCUT2D eigenvalue weighted by Gasteiger charge is -2.00. The monoisotopic (exact) mass is 294 g/mol. The molecule has 4 nitrogen and oxygen atoms in total. The quantitative estimate of drug-likeness (QED) is 0.867. The van der Waals surface area contributed by atoms with Crippen LogP contribution in [0.2, 0.25) is 0 Å². The number of carbonyl (C=O) groups is 1. The van der Waals surface area contributed by atoms with E-state index in [1.165, 1.54) is 7.11 Å². The van der Waals surface area contributed by atoms with Crippen molar-refractivity contribution in [2.24, 2.45) is 0 Å². The Hall–Kier alpha value is -1.62. The van der Waals surface area contributed by atoms with Crippen molar-refractivity contribution in [3.63, 3.8) is 0 Å². The molecule has 88 valence electrons. The zero-order valence-corrected chi connectivity index (χ0v) is 11.0. The minimum absolute atomic E-state index is 0.347. The number of halogens is 1. The molecule has 0 atom stereocenters. The van der Waals surface area contributed by atoms with Gasteiger partial charge in [-0.15, -0.1) is 0 Å². The number of methoxy groups -OCH3 is 1. The molecule has 0 amide bonds. The third kappa shape index (κ3) is 2.55. The summed E-state index contributed by atoms with van der Waals surface area (Å²) in [6, 6.07) is 7.64. The third-order valence-electron chi connectivity index (χ3n) is 2.32. The number of nitrogens with zero attached hydrogens (tertiary/aromatic N) is 1. The highest BCUT2D eigenvalue weighted by Gasteiger charge is 2.11. The standard InChI is InChI=1S/C12H11BrN2O2/c1-7-3-8(5-9(13)4-7)10-6-11(15-14-10)12(16)17-2/h3-6H,1-2H3,(H,14,15). The second-order valence-corrected chi connectivity index (χ2v) is 4.59. The lowest BCUT2D eigenvalue weighted by atomic mass is 10.1. The largest absolute Gasteiger partial charge is 0.464 e. The topological polar surface area (TPSA) is 55.0 Å². The van der Waals surface area contributed by atoms with Gasteiger partial charge in [-0.1, -0.05) is 15.9 Å². The van der Waals surface area contributed by atoms with Crippen molar-refractivity contribution < 1.29 is 9.53 Å². The van der Waals surface area contributed by atoms with Crippen LogP contribution in [0.3, 0.4) is 0 Å². The Balaban J connectivity index is 2.40. The third-order valence-corrected chi connectivity index (χ3v) is 2.78. The van der Waals surface area contributed by atoms with Crippen LogP contribution in [0.4, 0.5) is 0 Å². The molecule has 0 spiro atoms. The molecule has 2 aromatic rings. The molecule has 0 saturated carbocycles. The second kappa shape index (κ2) is 4.71. The molecule has 0 aliphatic rings. The number of aryl methyl sites for hydroxylation is 1. The van der Waals surface area contributed by atoms with Crippen LogP contribution in [-0.2, 0) is 4.74 Å². The Morgan fingerprint density at radius 1 is 1.35 bits per heavy atom. The summed E-state index contributed by atoms with van der Waals surface area (Å²) in [5.41, 5.74) is 3.13. The molecule has 0 aliphatic heterocycles. The zero-order valence-electron chi connectivity index (χ0n) is 9.45. The summed E-state index contributed by atoms with van der Waals surface area (Å²) < 4.78 is 5.60. The van der Waals surface area contributed by atoms with Crippen molar-refractivity contribution in [2.75, 3.05) is 7.11 Å². The van der Waals surface area contributed by atoms with Gasteiger partial charge in [-0.05, 0) is 36.8 Å². The lowest BCUT2D eigenvalue weighted by Crippen LogP contribution is -2.00. The minimum atomic E-state index is -0.421. The molecule has 2 rings (SSSR count). The van der Waals surface area contributed by atoms with Crippen LogP contribution >= 0.6 is 15.9 Å². The van der Waals surface area contributed by atoms with Gasteiger partial charge in [0.15, 0.2) is 0 Å². The number of ether oxygens (including phenoxy) is 1. The molecule has 17 heavy (non-hydrogen) atoms. The average Bonchev–Trinajstić information content (AvgIpc) is 2.76. The number of carbonyl (C=O) groups excluding carboxylic acids is 1. The van der Waals surface area contributed by atoms with Gasteiger partial charge in [-0.2, -0.15) is 5.10 Å². The number of nitrogens with one attached hydrogen (secondary N) is 1. The predicted molar refractivity (Wildman–Crippen MR) is 67.8 cm³/mol. The Kier molecular flexibility index (Phi) is 3.28. The zero-order chi connectivity index (χ0) is 12.4. The Bertz CT molecular complexity index is 543. The molecule has 0 radical (unpaired) electrons. The Labute approximate surface area is 107 Å². The van der Waals surface area contributed by atoms with Crippen molar-refractivity contribution in [3.8, 4) is 11.3 Å². The molecule has 0 fully saturated rings. The molecule has 1 aromatic carbocycles. The molecule has 1 aromatic heterocycles. The normalized spacial score (nSPS) is 10.3. The van der Waals surface area contributed by atoms with Crippen LogP contribution in [0.1, 0.15) is 16.1 Å². The van der Waals surface area contributed by atoms with Gasteiger partial charge in [0.1, 0.15) is 5.69 Å². The van der Waals surface area contributed by atoms with Crippen molar-refractivity contribution in [3.05, 3.63) is 40.0 Å². The minimum Gasteiger partial charge on any atom is -0.464 e. The first-order chi connectivity index (χ1) is 8.10. The maximum atomic E-state index is 11.3. The van der Waals surface area contributed by atoms with Crippen molar-refractivity contribution >= 4 is 21.9 Å². The van der Waals surface area contributed by atoms with Crippen molar-refractivity contribution in [1.29, 1.82) is 0 Å². The first kappa shape index (κ1) is 11.9. The number of esters is 1. The highest BCUT2D eigenvalue weighted by Crippen LogP contribution is 2.24. The fourth-order valence-electron chi connectivity index (χ4n) is 1.57. The first-order valence-electron chi connectivity index (χ1n) is 5.01. The van der Waals surface area contributed by atoms with E-state index in [-0.39, 0.29) is 0 Å². The number of rotatable bonds is 2. The van der Waals surface area contributed by atoms with E-state index in [0.29, 0.717) is 5.69 Å². The summed E-state index contributed by atoms with van der Waals surface area (Å²) >= 11 is 3.43. The SMILES string of the molecule is COC(=O)c1cc(-c2cc(C)cc(Br)c2)n[nH]1. The second-order valence-electron chi connectivity index (χ2n) is 3.68. The van der Waals surface area contributed by atoms with Gasteiger partial charge in [0.2, 0.25) is 0 Å². The number of benzene rings is 1. The summed E-state index contributed by atoms with van der Waals surface area (Å²) in [5, 5.41) is 6.75.